The molecule has 4 N–H and O–H groups in total. The minimum atomic E-state index is -0.489. The van der Waals surface area contributed by atoms with E-state index in [1.165, 1.54) is 23.1 Å². The number of thiazole rings is 1. The number of nitrogens with one attached hydrogen (secondary N) is 2. The minimum absolute atomic E-state index is 0.152. The first-order valence-corrected chi connectivity index (χ1v) is 7.02. The Morgan fingerprint density at radius 3 is 2.67 bits per heavy atom. The number of hydrogen-bond acceptors (Lipinski definition) is 6. The molecule has 0 spiro atoms. The van der Waals surface area contributed by atoms with Gasteiger partial charge in [-0.25, -0.2) is 9.78 Å². The number of hydrogen-bond donors (Lipinski definition) is 3. The van der Waals surface area contributed by atoms with E-state index in [1.807, 2.05) is 20.8 Å². The van der Waals surface area contributed by atoms with E-state index in [-0.39, 0.29) is 17.2 Å². The molecule has 0 aliphatic carbocycles. The molecule has 0 aromatic carbocycles. The van der Waals surface area contributed by atoms with Gasteiger partial charge in [0.25, 0.3) is 0 Å². The van der Waals surface area contributed by atoms with Gasteiger partial charge in [-0.15, -0.1) is 11.8 Å². The van der Waals surface area contributed by atoms with Gasteiger partial charge in [-0.05, 0) is 20.8 Å². The summed E-state index contributed by atoms with van der Waals surface area (Å²) in [6.45, 7) is 5.52. The average molecular weight is 288 g/mol. The maximum Gasteiger partial charge on any atom is 0.321 e. The second kappa shape index (κ2) is 6.05. The third-order valence-corrected chi connectivity index (χ3v) is 3.61. The van der Waals surface area contributed by atoms with Crippen molar-refractivity contribution in [2.75, 3.05) is 11.5 Å². The summed E-state index contributed by atoms with van der Waals surface area (Å²) in [6.07, 6.45) is 1.60. The Morgan fingerprint density at radius 2 is 2.17 bits per heavy atom. The van der Waals surface area contributed by atoms with E-state index >= 15 is 0 Å². The number of aromatic nitrogens is 1. The second-order valence-electron chi connectivity index (χ2n) is 4.56. The van der Waals surface area contributed by atoms with E-state index in [0.29, 0.717) is 5.13 Å². The maximum atomic E-state index is 11.5. The van der Waals surface area contributed by atoms with E-state index in [2.05, 4.69) is 15.6 Å². The molecule has 6 nitrogen and oxygen atoms in total. The van der Waals surface area contributed by atoms with Gasteiger partial charge in [0, 0.05) is 5.54 Å². The molecule has 0 aliphatic rings. The molecule has 3 amide bonds. The SMILES string of the molecule is CC(C)(C)NC(=O)NC(=O)CSc1cnc(N)s1. The summed E-state index contributed by atoms with van der Waals surface area (Å²) in [5, 5.41) is 5.36. The zero-order valence-electron chi connectivity index (χ0n) is 10.4. The number of urea groups is 1. The van der Waals surface area contributed by atoms with E-state index in [0.717, 1.165) is 4.21 Å². The second-order valence-corrected chi connectivity index (χ2v) is 6.90. The number of amides is 3. The smallest absolute Gasteiger partial charge is 0.321 e. The van der Waals surface area contributed by atoms with Crippen LogP contribution in [-0.2, 0) is 4.79 Å². The Kier molecular flexibility index (Phi) is 4.97. The van der Waals surface area contributed by atoms with Crippen LogP contribution in [0.4, 0.5) is 9.93 Å². The van der Waals surface area contributed by atoms with Crippen LogP contribution < -0.4 is 16.4 Å². The van der Waals surface area contributed by atoms with Gasteiger partial charge in [0.2, 0.25) is 5.91 Å². The fourth-order valence-corrected chi connectivity index (χ4v) is 2.57. The van der Waals surface area contributed by atoms with Crippen molar-refractivity contribution in [1.82, 2.24) is 15.6 Å². The van der Waals surface area contributed by atoms with E-state index in [1.54, 1.807) is 6.20 Å². The molecule has 0 atom stereocenters. The van der Waals surface area contributed by atoms with Gasteiger partial charge in [-0.2, -0.15) is 0 Å². The maximum absolute atomic E-state index is 11.5. The van der Waals surface area contributed by atoms with E-state index in [9.17, 15) is 9.59 Å². The summed E-state index contributed by atoms with van der Waals surface area (Å²) in [4.78, 5) is 26.8. The van der Waals surface area contributed by atoms with Crippen LogP contribution >= 0.6 is 23.1 Å². The van der Waals surface area contributed by atoms with E-state index in [4.69, 9.17) is 5.73 Å². The number of nitrogens with two attached hydrogens (primary N) is 1. The molecular formula is C10H16N4O2S2. The molecule has 0 fully saturated rings. The lowest BCUT2D eigenvalue weighted by molar-refractivity contribution is -0.117. The Labute approximate surface area is 114 Å². The van der Waals surface area contributed by atoms with Crippen LogP contribution in [0, 0.1) is 0 Å². The van der Waals surface area contributed by atoms with Crippen LogP contribution in [0.25, 0.3) is 0 Å². The molecule has 1 heterocycles. The Morgan fingerprint density at radius 1 is 1.50 bits per heavy atom. The first-order chi connectivity index (χ1) is 8.26. The van der Waals surface area contributed by atoms with Crippen molar-refractivity contribution in [3.63, 3.8) is 0 Å². The molecule has 0 unspecified atom stereocenters. The molecule has 0 saturated heterocycles. The first kappa shape index (κ1) is 14.8. The van der Waals surface area contributed by atoms with Crippen LogP contribution in [0.1, 0.15) is 20.8 Å². The lowest BCUT2D eigenvalue weighted by Gasteiger charge is -2.20. The number of anilines is 1. The Hall–Kier alpha value is -1.28. The highest BCUT2D eigenvalue weighted by Crippen LogP contribution is 2.25. The summed E-state index contributed by atoms with van der Waals surface area (Å²) >= 11 is 2.60. The standard InChI is InChI=1S/C10H16N4O2S2/c1-10(2,3)14-9(16)13-6(15)5-17-7-4-12-8(11)18-7/h4H,5H2,1-3H3,(H2,11,12)(H2,13,14,15,16). The first-order valence-electron chi connectivity index (χ1n) is 5.22. The molecule has 0 bridgehead atoms. The number of nitrogen functional groups attached to an aromatic ring is 1. The lowest BCUT2D eigenvalue weighted by atomic mass is 10.1. The molecule has 0 saturated carbocycles. The molecule has 100 valence electrons. The molecule has 18 heavy (non-hydrogen) atoms. The number of rotatable bonds is 3. The largest absolute Gasteiger partial charge is 0.375 e. The van der Waals surface area contributed by atoms with Crippen molar-refractivity contribution >= 4 is 40.2 Å². The van der Waals surface area contributed by atoms with Gasteiger partial charge in [0.05, 0.1) is 16.2 Å². The van der Waals surface area contributed by atoms with Crippen molar-refractivity contribution in [3.8, 4) is 0 Å². The van der Waals surface area contributed by atoms with Crippen molar-refractivity contribution < 1.29 is 9.59 Å². The van der Waals surface area contributed by atoms with Crippen molar-refractivity contribution in [3.05, 3.63) is 6.20 Å². The predicted octanol–water partition coefficient (Wildman–Crippen LogP) is 1.44. The Balaban J connectivity index is 2.32. The van der Waals surface area contributed by atoms with Crippen molar-refractivity contribution in [2.24, 2.45) is 0 Å². The van der Waals surface area contributed by atoms with Gasteiger partial charge in [-0.3, -0.25) is 10.1 Å². The number of carbonyl (C=O) groups excluding carboxylic acids is 2. The average Bonchev–Trinajstić information content (AvgIpc) is 2.58. The fourth-order valence-electron chi connectivity index (χ4n) is 1.01. The molecule has 8 heteroatoms. The minimum Gasteiger partial charge on any atom is -0.375 e. The molecule has 1 rings (SSSR count). The van der Waals surface area contributed by atoms with Crippen molar-refractivity contribution in [1.29, 1.82) is 0 Å². The highest BCUT2D eigenvalue weighted by atomic mass is 32.2. The van der Waals surface area contributed by atoms with Crippen LogP contribution in [0.2, 0.25) is 0 Å². The van der Waals surface area contributed by atoms with Gasteiger partial charge in [-0.1, -0.05) is 11.3 Å². The van der Waals surface area contributed by atoms with Crippen LogP contribution in [0.5, 0.6) is 0 Å². The van der Waals surface area contributed by atoms with Gasteiger partial charge in [0.15, 0.2) is 5.13 Å². The third kappa shape index (κ3) is 5.87. The Bertz CT molecular complexity index is 439. The van der Waals surface area contributed by atoms with Gasteiger partial charge < -0.3 is 11.1 Å². The van der Waals surface area contributed by atoms with Crippen LogP contribution in [-0.4, -0.2) is 28.2 Å². The summed E-state index contributed by atoms with van der Waals surface area (Å²) in [5.74, 6) is -0.201. The summed E-state index contributed by atoms with van der Waals surface area (Å²) in [7, 11) is 0. The molecule has 1 aromatic heterocycles. The topological polar surface area (TPSA) is 97.1 Å². The number of thioether (sulfide) groups is 1. The molecule has 1 aromatic rings. The summed E-state index contributed by atoms with van der Waals surface area (Å²) in [6, 6.07) is -0.489. The number of carbonyl (C=O) groups is 2. The molecule has 0 aliphatic heterocycles. The monoisotopic (exact) mass is 288 g/mol. The van der Waals surface area contributed by atoms with Gasteiger partial charge in [0.1, 0.15) is 0 Å². The zero-order chi connectivity index (χ0) is 13.8. The van der Waals surface area contributed by atoms with Crippen molar-refractivity contribution in [2.45, 2.75) is 30.5 Å². The lowest BCUT2D eigenvalue weighted by Crippen LogP contribution is -2.48. The van der Waals surface area contributed by atoms with Crippen LogP contribution in [0.15, 0.2) is 10.4 Å². The van der Waals surface area contributed by atoms with E-state index < -0.39 is 6.03 Å². The highest BCUT2D eigenvalue weighted by Gasteiger charge is 2.15. The summed E-state index contributed by atoms with van der Waals surface area (Å²) in [5.41, 5.74) is 5.09. The fraction of sp³-hybridized carbons (Fsp3) is 0.500. The molecular weight excluding hydrogens is 272 g/mol. The number of nitrogens with zero attached hydrogens (tertiary/aromatic N) is 1. The molecule has 0 radical (unpaired) electrons. The predicted molar refractivity (Wildman–Crippen MR) is 73.7 cm³/mol. The third-order valence-electron chi connectivity index (χ3n) is 1.59. The van der Waals surface area contributed by atoms with Crippen LogP contribution in [0.3, 0.4) is 0 Å². The zero-order valence-corrected chi connectivity index (χ0v) is 12.1. The summed E-state index contributed by atoms with van der Waals surface area (Å²) < 4.78 is 0.846. The quantitative estimate of drug-likeness (QED) is 0.731. The number of imide groups is 1. The van der Waals surface area contributed by atoms with Gasteiger partial charge >= 0.3 is 6.03 Å². The normalized spacial score (nSPS) is 11.1. The highest BCUT2D eigenvalue weighted by molar-refractivity contribution is 8.01.